The minimum atomic E-state index is 0.538. The third-order valence-corrected chi connectivity index (χ3v) is 4.22. The van der Waals surface area contributed by atoms with Gasteiger partial charge < -0.3 is 10.1 Å². The van der Waals surface area contributed by atoms with Crippen LogP contribution in [0.3, 0.4) is 0 Å². The van der Waals surface area contributed by atoms with Crippen molar-refractivity contribution < 1.29 is 4.74 Å². The van der Waals surface area contributed by atoms with Gasteiger partial charge in [-0.1, -0.05) is 18.2 Å². The standard InChI is InChI=1S/C17H23N3O/c1-12-10-20(13(2)9-18-12)11-15-8-7-14-5-4-6-16(21-3)17(14)19-15/h4-8,12-13,18H,9-11H2,1-3H3. The first-order valence-electron chi connectivity index (χ1n) is 7.57. The molecule has 21 heavy (non-hydrogen) atoms. The van der Waals surface area contributed by atoms with Crippen molar-refractivity contribution in [3.05, 3.63) is 36.0 Å². The highest BCUT2D eigenvalue weighted by molar-refractivity contribution is 5.84. The van der Waals surface area contributed by atoms with Gasteiger partial charge in [-0.2, -0.15) is 0 Å². The van der Waals surface area contributed by atoms with E-state index in [2.05, 4.69) is 42.3 Å². The molecule has 0 bridgehead atoms. The van der Waals surface area contributed by atoms with Gasteiger partial charge in [-0.3, -0.25) is 4.90 Å². The lowest BCUT2D eigenvalue weighted by Gasteiger charge is -2.37. The fourth-order valence-corrected chi connectivity index (χ4v) is 2.94. The maximum Gasteiger partial charge on any atom is 0.145 e. The number of fused-ring (bicyclic) bond motifs is 1. The SMILES string of the molecule is COc1cccc2ccc(CN3CC(C)NCC3C)nc12. The number of hydrogen-bond donors (Lipinski definition) is 1. The Bertz CT molecular complexity index is 628. The predicted octanol–water partition coefficient (Wildman–Crippen LogP) is 2.43. The van der Waals surface area contributed by atoms with E-state index >= 15 is 0 Å². The van der Waals surface area contributed by atoms with Crippen molar-refractivity contribution in [2.75, 3.05) is 20.2 Å². The number of para-hydroxylation sites is 1. The van der Waals surface area contributed by atoms with Crippen molar-refractivity contribution in [1.82, 2.24) is 15.2 Å². The Balaban J connectivity index is 1.87. The van der Waals surface area contributed by atoms with E-state index in [1.54, 1.807) is 7.11 Å². The van der Waals surface area contributed by atoms with E-state index in [0.717, 1.165) is 42.0 Å². The number of methoxy groups -OCH3 is 1. The van der Waals surface area contributed by atoms with Crippen molar-refractivity contribution in [3.8, 4) is 5.75 Å². The van der Waals surface area contributed by atoms with Crippen LogP contribution in [0.25, 0.3) is 10.9 Å². The van der Waals surface area contributed by atoms with Crippen molar-refractivity contribution in [3.63, 3.8) is 0 Å². The predicted molar refractivity (Wildman–Crippen MR) is 85.6 cm³/mol. The number of rotatable bonds is 3. The van der Waals surface area contributed by atoms with E-state index in [-0.39, 0.29) is 0 Å². The van der Waals surface area contributed by atoms with Gasteiger partial charge in [0.05, 0.1) is 12.8 Å². The van der Waals surface area contributed by atoms with Crippen LogP contribution in [0.1, 0.15) is 19.5 Å². The number of ether oxygens (including phenoxy) is 1. The second kappa shape index (κ2) is 6.00. The van der Waals surface area contributed by atoms with Gasteiger partial charge in [0.25, 0.3) is 0 Å². The lowest BCUT2D eigenvalue weighted by Crippen LogP contribution is -2.53. The van der Waals surface area contributed by atoms with Gasteiger partial charge in [0.15, 0.2) is 0 Å². The second-order valence-corrected chi connectivity index (χ2v) is 5.92. The van der Waals surface area contributed by atoms with E-state index in [1.165, 1.54) is 0 Å². The highest BCUT2D eigenvalue weighted by Gasteiger charge is 2.22. The number of hydrogen-bond acceptors (Lipinski definition) is 4. The first-order valence-corrected chi connectivity index (χ1v) is 7.57. The molecule has 1 fully saturated rings. The summed E-state index contributed by atoms with van der Waals surface area (Å²) in [6.45, 7) is 7.49. The summed E-state index contributed by atoms with van der Waals surface area (Å²) < 4.78 is 5.42. The van der Waals surface area contributed by atoms with Crippen molar-refractivity contribution in [2.24, 2.45) is 0 Å². The molecule has 1 aliphatic heterocycles. The average Bonchev–Trinajstić information content (AvgIpc) is 2.50. The van der Waals surface area contributed by atoms with E-state index in [0.29, 0.717) is 12.1 Å². The zero-order chi connectivity index (χ0) is 14.8. The molecule has 1 aliphatic rings. The summed E-state index contributed by atoms with van der Waals surface area (Å²) in [7, 11) is 1.70. The van der Waals surface area contributed by atoms with Crippen molar-refractivity contribution >= 4 is 10.9 Å². The molecular weight excluding hydrogens is 262 g/mol. The first-order chi connectivity index (χ1) is 10.2. The summed E-state index contributed by atoms with van der Waals surface area (Å²) in [5, 5.41) is 4.64. The van der Waals surface area contributed by atoms with Gasteiger partial charge in [-0.05, 0) is 26.0 Å². The monoisotopic (exact) mass is 285 g/mol. The van der Waals surface area contributed by atoms with Crippen LogP contribution in [0.15, 0.2) is 30.3 Å². The van der Waals surface area contributed by atoms with Gasteiger partial charge >= 0.3 is 0 Å². The van der Waals surface area contributed by atoms with Crippen LogP contribution in [-0.2, 0) is 6.54 Å². The highest BCUT2D eigenvalue weighted by atomic mass is 16.5. The number of nitrogens with one attached hydrogen (secondary N) is 1. The number of benzene rings is 1. The van der Waals surface area contributed by atoms with Crippen LogP contribution in [-0.4, -0.2) is 42.2 Å². The molecule has 112 valence electrons. The Morgan fingerprint density at radius 2 is 2.14 bits per heavy atom. The van der Waals surface area contributed by atoms with Crippen molar-refractivity contribution in [2.45, 2.75) is 32.5 Å². The molecule has 2 unspecified atom stereocenters. The number of pyridine rings is 1. The molecule has 0 amide bonds. The minimum Gasteiger partial charge on any atom is -0.494 e. The van der Waals surface area contributed by atoms with Gasteiger partial charge in [0.2, 0.25) is 0 Å². The highest BCUT2D eigenvalue weighted by Crippen LogP contribution is 2.24. The smallest absolute Gasteiger partial charge is 0.145 e. The first kappa shape index (κ1) is 14.3. The molecule has 4 nitrogen and oxygen atoms in total. The summed E-state index contributed by atoms with van der Waals surface area (Å²) in [6.07, 6.45) is 0. The number of piperazine rings is 1. The summed E-state index contributed by atoms with van der Waals surface area (Å²) in [5.74, 6) is 0.844. The number of aromatic nitrogens is 1. The second-order valence-electron chi connectivity index (χ2n) is 5.92. The van der Waals surface area contributed by atoms with Gasteiger partial charge in [0, 0.05) is 37.1 Å². The maximum atomic E-state index is 5.42. The Morgan fingerprint density at radius 3 is 2.95 bits per heavy atom. The van der Waals surface area contributed by atoms with Crippen LogP contribution >= 0.6 is 0 Å². The summed E-state index contributed by atoms with van der Waals surface area (Å²) in [5.41, 5.74) is 2.06. The zero-order valence-corrected chi connectivity index (χ0v) is 13.0. The van der Waals surface area contributed by atoms with Crippen LogP contribution in [0, 0.1) is 0 Å². The molecule has 2 heterocycles. The van der Waals surface area contributed by atoms with E-state index in [4.69, 9.17) is 9.72 Å². The molecule has 2 atom stereocenters. The van der Waals surface area contributed by atoms with E-state index in [1.807, 2.05) is 12.1 Å². The van der Waals surface area contributed by atoms with Crippen LogP contribution in [0.5, 0.6) is 5.75 Å². The molecule has 0 aliphatic carbocycles. The molecule has 1 aromatic carbocycles. The lowest BCUT2D eigenvalue weighted by atomic mass is 10.1. The van der Waals surface area contributed by atoms with Crippen molar-refractivity contribution in [1.29, 1.82) is 0 Å². The fraction of sp³-hybridized carbons (Fsp3) is 0.471. The normalized spacial score (nSPS) is 23.4. The third kappa shape index (κ3) is 3.01. The Labute approximate surface area is 126 Å². The van der Waals surface area contributed by atoms with Gasteiger partial charge in [-0.15, -0.1) is 0 Å². The maximum absolute atomic E-state index is 5.42. The topological polar surface area (TPSA) is 37.4 Å². The average molecular weight is 285 g/mol. The molecule has 0 saturated carbocycles. The minimum absolute atomic E-state index is 0.538. The summed E-state index contributed by atoms with van der Waals surface area (Å²) in [4.78, 5) is 7.30. The van der Waals surface area contributed by atoms with Crippen LogP contribution in [0.4, 0.5) is 0 Å². The van der Waals surface area contributed by atoms with Gasteiger partial charge in [-0.25, -0.2) is 4.98 Å². The fourth-order valence-electron chi connectivity index (χ4n) is 2.94. The zero-order valence-electron chi connectivity index (χ0n) is 13.0. The van der Waals surface area contributed by atoms with Gasteiger partial charge in [0.1, 0.15) is 11.3 Å². The molecule has 4 heteroatoms. The molecule has 1 saturated heterocycles. The summed E-state index contributed by atoms with van der Waals surface area (Å²) in [6, 6.07) is 11.4. The molecule has 0 radical (unpaired) electrons. The molecule has 2 aromatic rings. The molecule has 1 aromatic heterocycles. The van der Waals surface area contributed by atoms with E-state index in [9.17, 15) is 0 Å². The van der Waals surface area contributed by atoms with Crippen LogP contribution < -0.4 is 10.1 Å². The molecule has 1 N–H and O–H groups in total. The third-order valence-electron chi connectivity index (χ3n) is 4.22. The quantitative estimate of drug-likeness (QED) is 0.940. The van der Waals surface area contributed by atoms with Crippen LogP contribution in [0.2, 0.25) is 0 Å². The Kier molecular flexibility index (Phi) is 4.08. The number of nitrogens with zero attached hydrogens (tertiary/aromatic N) is 2. The largest absolute Gasteiger partial charge is 0.494 e. The molecular formula is C17H23N3O. The molecule has 0 spiro atoms. The van der Waals surface area contributed by atoms with E-state index < -0.39 is 0 Å². The Morgan fingerprint density at radius 1 is 1.29 bits per heavy atom. The Hall–Kier alpha value is -1.65. The lowest BCUT2D eigenvalue weighted by molar-refractivity contribution is 0.137. The molecule has 3 rings (SSSR count). The summed E-state index contributed by atoms with van der Waals surface area (Å²) >= 11 is 0.